The topological polar surface area (TPSA) is 160 Å². The zero-order valence-electron chi connectivity index (χ0n) is 33.5. The highest BCUT2D eigenvalue weighted by molar-refractivity contribution is 6.00. The van der Waals surface area contributed by atoms with Gasteiger partial charge in [0.15, 0.2) is 17.6 Å². The fourth-order valence-corrected chi connectivity index (χ4v) is 7.96. The molecule has 0 amide bonds. The van der Waals surface area contributed by atoms with Crippen LogP contribution in [-0.2, 0) is 0 Å². The molecular weight excluding hydrogens is 737 g/mol. The molecule has 14 heteroatoms. The number of para-hydroxylation sites is 2. The van der Waals surface area contributed by atoms with Crippen molar-refractivity contribution in [2.24, 2.45) is 15.0 Å². The third-order valence-electron chi connectivity index (χ3n) is 11.2. The number of likely N-dealkylation sites (N-methyl/N-ethyl adjacent to an activating group) is 1. The first-order valence-electron chi connectivity index (χ1n) is 20.4. The van der Waals surface area contributed by atoms with Crippen LogP contribution in [0.2, 0.25) is 0 Å². The number of nitrogens with zero attached hydrogens (tertiary/aromatic N) is 10. The lowest BCUT2D eigenvalue weighted by Gasteiger charge is -2.35. The molecule has 59 heavy (non-hydrogen) atoms. The van der Waals surface area contributed by atoms with Crippen molar-refractivity contribution >= 4 is 63.1 Å². The maximum absolute atomic E-state index is 5.14. The van der Waals surface area contributed by atoms with E-state index in [9.17, 15) is 0 Å². The van der Waals surface area contributed by atoms with E-state index in [1.54, 1.807) is 19.0 Å². The molecule has 1 fully saturated rings. The Morgan fingerprint density at radius 3 is 2.25 bits per heavy atom. The summed E-state index contributed by atoms with van der Waals surface area (Å²) in [4.78, 5) is 44.8. The normalized spacial score (nSPS) is 19.2. The molecule has 0 aliphatic carbocycles. The van der Waals surface area contributed by atoms with Crippen LogP contribution in [0.15, 0.2) is 119 Å². The number of piperazine rings is 1. The Kier molecular flexibility index (Phi) is 10.9. The highest BCUT2D eigenvalue weighted by Gasteiger charge is 2.32. The van der Waals surface area contributed by atoms with Gasteiger partial charge in [0.2, 0.25) is 0 Å². The number of rotatable bonds is 9. The second-order valence-corrected chi connectivity index (χ2v) is 15.0. The first-order chi connectivity index (χ1) is 29.1. The van der Waals surface area contributed by atoms with Crippen molar-refractivity contribution in [3.8, 4) is 11.3 Å². The van der Waals surface area contributed by atoms with Crippen LogP contribution < -0.4 is 20.9 Å². The lowest BCUT2D eigenvalue weighted by atomic mass is 9.96. The summed E-state index contributed by atoms with van der Waals surface area (Å²) >= 11 is 0. The molecule has 3 aliphatic rings. The predicted molar refractivity (Wildman–Crippen MR) is 238 cm³/mol. The first-order valence-corrected chi connectivity index (χ1v) is 20.4. The summed E-state index contributed by atoms with van der Waals surface area (Å²) in [5.41, 5.74) is 7.89. The van der Waals surface area contributed by atoms with Gasteiger partial charge in [-0.1, -0.05) is 80.6 Å². The molecule has 0 radical (unpaired) electrons. The standard InChI is InChI=1S/C23H20N6.C22H28N8/c1-2-18(29-23-21-22(25-13-24-21)26-14-27-23)17-12-16-10-6-7-11-19(16)28-20(17)15-8-4-3-5-9-15;1-3-17(27-21-19-20(24-13-23-19)25-14-26-21)16-12-15-6-4-5-7-18(15)28-22(16)30-10-8-29(2)9-11-30/h3-14,18H,2H2,1H3,(H2,24,25,26,27,29);4-7,12-14,17,19-20H,3,8-11H2,1-2H3,(H,23,24)(H,25,26,27). The molecule has 4 unspecified atom stereocenters. The monoisotopic (exact) mass is 784 g/mol. The number of anilines is 2. The van der Waals surface area contributed by atoms with Crippen molar-refractivity contribution < 1.29 is 0 Å². The second-order valence-electron chi connectivity index (χ2n) is 15.0. The number of aromatic amines is 1. The molecule has 4 aromatic heterocycles. The lowest BCUT2D eigenvalue weighted by molar-refractivity contribution is 0.311. The highest BCUT2D eigenvalue weighted by atomic mass is 15.3. The smallest absolute Gasteiger partial charge is 0.182 e. The fraction of sp³-hybridized carbons (Fsp3) is 0.289. The van der Waals surface area contributed by atoms with Gasteiger partial charge in [-0.2, -0.15) is 0 Å². The van der Waals surface area contributed by atoms with Gasteiger partial charge < -0.3 is 30.7 Å². The number of fused-ring (bicyclic) bond motifs is 4. The van der Waals surface area contributed by atoms with Crippen LogP contribution in [0.3, 0.4) is 0 Å². The molecule has 4 atom stereocenters. The molecule has 10 rings (SSSR count). The maximum Gasteiger partial charge on any atom is 0.182 e. The molecule has 0 bridgehead atoms. The van der Waals surface area contributed by atoms with E-state index >= 15 is 0 Å². The van der Waals surface area contributed by atoms with E-state index in [0.717, 1.165) is 101 Å². The van der Waals surface area contributed by atoms with Crippen LogP contribution in [0.25, 0.3) is 44.2 Å². The number of H-pyrrole nitrogens is 1. The van der Waals surface area contributed by atoms with Crippen molar-refractivity contribution in [2.45, 2.75) is 51.0 Å². The minimum atomic E-state index is -0.130. The third-order valence-corrected chi connectivity index (χ3v) is 11.2. The molecule has 298 valence electrons. The van der Waals surface area contributed by atoms with E-state index in [1.165, 1.54) is 11.9 Å². The number of amidine groups is 1. The van der Waals surface area contributed by atoms with Crippen molar-refractivity contribution in [1.29, 1.82) is 0 Å². The summed E-state index contributed by atoms with van der Waals surface area (Å²) in [6, 6.07) is 31.4. The van der Waals surface area contributed by atoms with Crippen molar-refractivity contribution in [3.05, 3.63) is 115 Å². The van der Waals surface area contributed by atoms with E-state index < -0.39 is 0 Å². The van der Waals surface area contributed by atoms with Crippen LogP contribution in [-0.4, -0.2) is 98.8 Å². The minimum Gasteiger partial charge on any atom is -0.363 e. The van der Waals surface area contributed by atoms with Crippen molar-refractivity contribution in [3.63, 3.8) is 0 Å². The Balaban J connectivity index is 0.000000152. The summed E-state index contributed by atoms with van der Waals surface area (Å²) in [6.45, 7) is 8.39. The Hall–Kier alpha value is -6.80. The molecule has 0 spiro atoms. The zero-order valence-corrected chi connectivity index (χ0v) is 33.5. The lowest BCUT2D eigenvalue weighted by Crippen LogP contribution is -2.49. The summed E-state index contributed by atoms with van der Waals surface area (Å²) in [7, 11) is 2.18. The number of aliphatic imine (C=N–C) groups is 3. The van der Waals surface area contributed by atoms with Crippen molar-refractivity contribution in [1.82, 2.24) is 45.4 Å². The van der Waals surface area contributed by atoms with Gasteiger partial charge in [-0.25, -0.2) is 34.9 Å². The number of pyridine rings is 2. The van der Waals surface area contributed by atoms with Gasteiger partial charge in [-0.15, -0.1) is 0 Å². The van der Waals surface area contributed by atoms with Gasteiger partial charge in [0, 0.05) is 53.6 Å². The van der Waals surface area contributed by atoms with Crippen LogP contribution in [0.5, 0.6) is 0 Å². The Morgan fingerprint density at radius 1 is 0.780 bits per heavy atom. The quantitative estimate of drug-likeness (QED) is 0.121. The molecule has 3 aliphatic heterocycles. The van der Waals surface area contributed by atoms with E-state index in [-0.39, 0.29) is 24.3 Å². The molecule has 3 aromatic carbocycles. The van der Waals surface area contributed by atoms with Gasteiger partial charge >= 0.3 is 0 Å². The van der Waals surface area contributed by atoms with Crippen LogP contribution in [0.4, 0.5) is 11.6 Å². The third kappa shape index (κ3) is 7.91. The largest absolute Gasteiger partial charge is 0.363 e. The highest BCUT2D eigenvalue weighted by Crippen LogP contribution is 2.35. The number of hydrogen-bond donors (Lipinski definition) is 4. The average molecular weight is 785 g/mol. The van der Waals surface area contributed by atoms with Gasteiger partial charge in [0.1, 0.15) is 29.5 Å². The van der Waals surface area contributed by atoms with Gasteiger partial charge in [0.05, 0.1) is 47.8 Å². The molecule has 7 aromatic rings. The SMILES string of the molecule is CCC(N=C1NC=NC2N=CNC12)c1cc2ccccc2nc1N1CCN(C)CC1.CCC(Nc1ncnc2nc[nH]c12)c1cc2ccccc2nc1-c1ccccc1. The summed E-state index contributed by atoms with van der Waals surface area (Å²) in [6.07, 6.45) is 8.24. The average Bonchev–Trinajstić information content (AvgIpc) is 3.99. The van der Waals surface area contributed by atoms with E-state index in [2.05, 4.69) is 137 Å². The van der Waals surface area contributed by atoms with Gasteiger partial charge in [-0.3, -0.25) is 4.99 Å². The molecule has 14 nitrogen and oxygen atoms in total. The molecular formula is C45H48N14. The van der Waals surface area contributed by atoms with E-state index in [4.69, 9.17) is 15.0 Å². The van der Waals surface area contributed by atoms with Crippen molar-refractivity contribution in [2.75, 3.05) is 43.4 Å². The number of imidazole rings is 1. The Bertz CT molecular complexity index is 2650. The number of aromatic nitrogens is 6. The Morgan fingerprint density at radius 2 is 1.49 bits per heavy atom. The van der Waals surface area contributed by atoms with Crippen LogP contribution in [0, 0.1) is 0 Å². The van der Waals surface area contributed by atoms with Crippen LogP contribution in [0.1, 0.15) is 49.9 Å². The molecule has 0 saturated carbocycles. The van der Waals surface area contributed by atoms with Gasteiger partial charge in [-0.05, 0) is 44.2 Å². The summed E-state index contributed by atoms with van der Waals surface area (Å²) in [5, 5.41) is 12.4. The fourth-order valence-electron chi connectivity index (χ4n) is 7.96. The first kappa shape index (κ1) is 37.8. The zero-order chi connectivity index (χ0) is 40.1. The summed E-state index contributed by atoms with van der Waals surface area (Å²) < 4.78 is 0. The minimum absolute atomic E-state index is 0.00816. The van der Waals surface area contributed by atoms with Crippen LogP contribution >= 0.6 is 0 Å². The molecule has 1 saturated heterocycles. The number of hydrogen-bond acceptors (Lipinski definition) is 12. The predicted octanol–water partition coefficient (Wildman–Crippen LogP) is 6.93. The maximum atomic E-state index is 5.14. The van der Waals surface area contributed by atoms with E-state index in [0.29, 0.717) is 5.65 Å². The number of nitrogens with one attached hydrogen (secondary N) is 4. The summed E-state index contributed by atoms with van der Waals surface area (Å²) in [5.74, 6) is 2.69. The van der Waals surface area contributed by atoms with E-state index in [1.807, 2.05) is 30.3 Å². The number of benzene rings is 3. The van der Waals surface area contributed by atoms with Gasteiger partial charge in [0.25, 0.3) is 0 Å². The molecule has 4 N–H and O–H groups in total. The Labute approximate surface area is 343 Å². The molecule has 7 heterocycles. The second kappa shape index (κ2) is 17.0.